The predicted molar refractivity (Wildman–Crippen MR) is 80.5 cm³/mol. The lowest BCUT2D eigenvalue weighted by atomic mass is 10.0. The van der Waals surface area contributed by atoms with E-state index in [4.69, 9.17) is 18.9 Å². The van der Waals surface area contributed by atoms with Gasteiger partial charge in [-0.15, -0.1) is 0 Å². The van der Waals surface area contributed by atoms with Crippen LogP contribution in [0.5, 0.6) is 0 Å². The Labute approximate surface area is 147 Å². The van der Waals surface area contributed by atoms with Gasteiger partial charge in [-0.25, -0.2) is 0 Å². The molecule has 0 aliphatic carbocycles. The number of aromatic nitrogens is 2. The molecule has 1 aromatic heterocycles. The molecule has 2 heterocycles. The van der Waals surface area contributed by atoms with E-state index in [0.717, 1.165) is 25.3 Å². The minimum atomic E-state index is -1.30. The zero-order valence-electron chi connectivity index (χ0n) is 14.2. The molecule has 26 heavy (non-hydrogen) atoms. The number of hydrogen-bond donors (Lipinski definition) is 0. The number of carbonyl (C=O) groups is 3. The molecule has 4 atom stereocenters. The quantitative estimate of drug-likeness (QED) is 0.302. The molecule has 12 nitrogen and oxygen atoms in total. The van der Waals surface area contributed by atoms with E-state index in [2.05, 4.69) is 4.98 Å². The molecule has 0 saturated carbocycles. The maximum Gasteiger partial charge on any atom is 0.436 e. The number of hydrogen-bond acceptors (Lipinski definition) is 10. The zero-order valence-corrected chi connectivity index (χ0v) is 14.2. The summed E-state index contributed by atoms with van der Waals surface area (Å²) in [4.78, 5) is 48.3. The Morgan fingerprint density at radius 2 is 1.73 bits per heavy atom. The summed E-state index contributed by atoms with van der Waals surface area (Å²) in [6, 6.07) is 0. The van der Waals surface area contributed by atoms with E-state index in [0.29, 0.717) is 0 Å². The Morgan fingerprint density at radius 1 is 1.15 bits per heavy atom. The normalized spacial score (nSPS) is 25.2. The third kappa shape index (κ3) is 4.33. The maximum atomic E-state index is 11.5. The van der Waals surface area contributed by atoms with Gasteiger partial charge in [0.1, 0.15) is 12.4 Å². The highest BCUT2D eigenvalue weighted by Crippen LogP contribution is 2.32. The van der Waals surface area contributed by atoms with Gasteiger partial charge >= 0.3 is 23.9 Å². The summed E-state index contributed by atoms with van der Waals surface area (Å²) in [6.45, 7) is 3.15. The van der Waals surface area contributed by atoms with Gasteiger partial charge in [-0.3, -0.25) is 14.4 Å². The van der Waals surface area contributed by atoms with Crippen LogP contribution >= 0.6 is 0 Å². The van der Waals surface area contributed by atoms with Crippen molar-refractivity contribution in [3.05, 3.63) is 22.5 Å². The average molecular weight is 371 g/mol. The molecule has 0 aromatic carbocycles. The second kappa shape index (κ2) is 7.91. The summed E-state index contributed by atoms with van der Waals surface area (Å²) in [6.07, 6.45) is -2.36. The number of nitro groups is 1. The van der Waals surface area contributed by atoms with Crippen molar-refractivity contribution in [3.8, 4) is 0 Å². The van der Waals surface area contributed by atoms with Gasteiger partial charge in [0.2, 0.25) is 12.3 Å². The summed E-state index contributed by atoms with van der Waals surface area (Å²) in [5.41, 5.74) is 0. The van der Waals surface area contributed by atoms with Crippen molar-refractivity contribution in [3.63, 3.8) is 0 Å². The molecule has 1 fully saturated rings. The smallest absolute Gasteiger partial charge is 0.436 e. The molecule has 1 aliphatic rings. The van der Waals surface area contributed by atoms with Crippen molar-refractivity contribution in [2.75, 3.05) is 6.61 Å². The Morgan fingerprint density at radius 3 is 2.27 bits per heavy atom. The predicted octanol–water partition coefficient (Wildman–Crippen LogP) is 0.115. The Balaban J connectivity index is 2.43. The fourth-order valence-electron chi connectivity index (χ4n) is 2.61. The van der Waals surface area contributed by atoms with Crippen LogP contribution in [0.3, 0.4) is 0 Å². The molecular formula is C14H17N3O9. The van der Waals surface area contributed by atoms with Crippen molar-refractivity contribution in [1.82, 2.24) is 9.55 Å². The van der Waals surface area contributed by atoms with E-state index in [1.54, 1.807) is 0 Å². The second-order valence-electron chi connectivity index (χ2n) is 5.41. The molecular weight excluding hydrogens is 354 g/mol. The van der Waals surface area contributed by atoms with Crippen molar-refractivity contribution >= 4 is 23.9 Å². The lowest BCUT2D eigenvalue weighted by Gasteiger charge is -2.39. The molecule has 12 heteroatoms. The monoisotopic (exact) mass is 371 g/mol. The van der Waals surface area contributed by atoms with Crippen LogP contribution in [0.4, 0.5) is 5.95 Å². The third-order valence-electron chi connectivity index (χ3n) is 3.41. The summed E-state index contributed by atoms with van der Waals surface area (Å²) >= 11 is 0. The Hall–Kier alpha value is -3.02. The van der Waals surface area contributed by atoms with Gasteiger partial charge in [-0.05, 0) is 4.92 Å². The van der Waals surface area contributed by atoms with Gasteiger partial charge in [0.05, 0.1) is 6.61 Å². The van der Waals surface area contributed by atoms with Gasteiger partial charge in [-0.2, -0.15) is 4.57 Å². The van der Waals surface area contributed by atoms with Crippen LogP contribution in [0.15, 0.2) is 12.4 Å². The van der Waals surface area contributed by atoms with Gasteiger partial charge in [0.25, 0.3) is 0 Å². The zero-order chi connectivity index (χ0) is 19.4. The SMILES string of the molecule is CC(=O)O[C@H]1[C@H](OC(C)=O)[C@@H](n2ccnc2[N+](=O)[O-])OC[C@H]1OC(C)=O. The number of nitrogens with zero attached hydrogens (tertiary/aromatic N) is 3. The molecule has 1 aromatic rings. The summed E-state index contributed by atoms with van der Waals surface area (Å²) in [7, 11) is 0. The molecule has 0 unspecified atom stereocenters. The fraction of sp³-hybridized carbons (Fsp3) is 0.571. The molecule has 2 rings (SSSR count). The summed E-state index contributed by atoms with van der Waals surface area (Å²) in [5, 5.41) is 11.1. The Kier molecular flexibility index (Phi) is 5.87. The highest BCUT2D eigenvalue weighted by molar-refractivity contribution is 5.68. The van der Waals surface area contributed by atoms with Crippen LogP contribution < -0.4 is 0 Å². The molecule has 1 saturated heterocycles. The lowest BCUT2D eigenvalue weighted by molar-refractivity contribution is -0.400. The first-order valence-electron chi connectivity index (χ1n) is 7.51. The number of carbonyl (C=O) groups excluding carboxylic acids is 3. The fourth-order valence-corrected chi connectivity index (χ4v) is 2.61. The van der Waals surface area contributed by atoms with Gasteiger partial charge < -0.3 is 29.1 Å². The van der Waals surface area contributed by atoms with Crippen molar-refractivity contribution in [2.45, 2.75) is 45.3 Å². The highest BCUT2D eigenvalue weighted by Gasteiger charge is 2.50. The molecule has 0 spiro atoms. The largest absolute Gasteiger partial charge is 0.456 e. The summed E-state index contributed by atoms with van der Waals surface area (Å²) < 4.78 is 22.0. The number of ether oxygens (including phenoxy) is 4. The lowest BCUT2D eigenvalue weighted by Crippen LogP contribution is -2.55. The highest BCUT2D eigenvalue weighted by atomic mass is 16.7. The molecule has 0 bridgehead atoms. The van der Waals surface area contributed by atoms with Crippen LogP contribution in [0, 0.1) is 10.1 Å². The second-order valence-corrected chi connectivity index (χ2v) is 5.41. The van der Waals surface area contributed by atoms with E-state index in [1.807, 2.05) is 0 Å². The topological polar surface area (TPSA) is 149 Å². The Bertz CT molecular complexity index is 716. The third-order valence-corrected chi connectivity index (χ3v) is 3.41. The first-order chi connectivity index (χ1) is 12.2. The first-order valence-corrected chi connectivity index (χ1v) is 7.51. The van der Waals surface area contributed by atoms with Crippen LogP contribution in [0.2, 0.25) is 0 Å². The minimum absolute atomic E-state index is 0.241. The number of rotatable bonds is 5. The summed E-state index contributed by atoms with van der Waals surface area (Å²) in [5.74, 6) is -2.68. The number of esters is 3. The van der Waals surface area contributed by atoms with Crippen molar-refractivity contribution in [1.29, 1.82) is 0 Å². The van der Waals surface area contributed by atoms with Gasteiger partial charge in [-0.1, -0.05) is 4.98 Å². The number of imidazole rings is 1. The minimum Gasteiger partial charge on any atom is -0.456 e. The molecule has 0 radical (unpaired) electrons. The molecule has 0 amide bonds. The van der Waals surface area contributed by atoms with Crippen LogP contribution in [-0.4, -0.2) is 57.3 Å². The van der Waals surface area contributed by atoms with E-state index in [9.17, 15) is 24.5 Å². The van der Waals surface area contributed by atoms with E-state index in [1.165, 1.54) is 12.4 Å². The van der Waals surface area contributed by atoms with Crippen molar-refractivity contribution in [2.24, 2.45) is 0 Å². The van der Waals surface area contributed by atoms with Crippen LogP contribution in [-0.2, 0) is 33.3 Å². The van der Waals surface area contributed by atoms with E-state index >= 15 is 0 Å². The van der Waals surface area contributed by atoms with Crippen LogP contribution in [0.25, 0.3) is 0 Å². The van der Waals surface area contributed by atoms with E-state index in [-0.39, 0.29) is 6.61 Å². The van der Waals surface area contributed by atoms with E-state index < -0.39 is 53.3 Å². The average Bonchev–Trinajstić information content (AvgIpc) is 2.98. The van der Waals surface area contributed by atoms with Gasteiger partial charge in [0, 0.05) is 20.8 Å². The van der Waals surface area contributed by atoms with Gasteiger partial charge in [0.15, 0.2) is 12.2 Å². The molecule has 1 aliphatic heterocycles. The standard InChI is InChI=1S/C14H17N3O9/c1-7(18)24-10-6-23-13(16-5-4-15-14(16)17(21)22)12(26-9(3)20)11(10)25-8(2)19/h4-5,10-13H,6H2,1-3H3/t10-,11-,12+,13+/m1/s1. The molecule has 0 N–H and O–H groups in total. The molecule has 142 valence electrons. The van der Waals surface area contributed by atoms with Crippen molar-refractivity contribution < 1.29 is 38.3 Å². The maximum absolute atomic E-state index is 11.5. The van der Waals surface area contributed by atoms with Crippen LogP contribution in [0.1, 0.15) is 27.0 Å². The first kappa shape index (κ1) is 19.3.